The van der Waals surface area contributed by atoms with Crippen molar-refractivity contribution in [2.45, 2.75) is 42.2 Å². The molecule has 1 unspecified atom stereocenters. The van der Waals surface area contributed by atoms with Crippen molar-refractivity contribution in [1.29, 1.82) is 0 Å². The third-order valence-corrected chi connectivity index (χ3v) is 6.92. The van der Waals surface area contributed by atoms with Crippen molar-refractivity contribution in [3.63, 3.8) is 0 Å². The van der Waals surface area contributed by atoms with Gasteiger partial charge in [0, 0.05) is 31.0 Å². The van der Waals surface area contributed by atoms with Crippen molar-refractivity contribution in [3.8, 4) is 0 Å². The molecule has 0 aliphatic carbocycles. The summed E-state index contributed by atoms with van der Waals surface area (Å²) < 4.78 is 102. The summed E-state index contributed by atoms with van der Waals surface area (Å²) in [6, 6.07) is 5.06. The number of benzene rings is 2. The summed E-state index contributed by atoms with van der Waals surface area (Å²) in [4.78, 5) is 26.5. The van der Waals surface area contributed by atoms with Gasteiger partial charge in [0.2, 0.25) is 5.91 Å². The Morgan fingerprint density at radius 1 is 1.00 bits per heavy atom. The van der Waals surface area contributed by atoms with E-state index in [2.05, 4.69) is 5.32 Å². The molecule has 0 saturated carbocycles. The summed E-state index contributed by atoms with van der Waals surface area (Å²) in [6.45, 7) is 1.27. The number of rotatable bonds is 4. The van der Waals surface area contributed by atoms with Gasteiger partial charge >= 0.3 is 12.4 Å². The van der Waals surface area contributed by atoms with Gasteiger partial charge in [-0.3, -0.25) is 9.59 Å². The van der Waals surface area contributed by atoms with E-state index in [1.807, 2.05) is 0 Å². The lowest BCUT2D eigenvalue weighted by atomic mass is 9.91. The van der Waals surface area contributed by atoms with Crippen LogP contribution in [0.15, 0.2) is 47.4 Å². The van der Waals surface area contributed by atoms with Crippen LogP contribution in [0.1, 0.15) is 29.7 Å². The highest BCUT2D eigenvalue weighted by atomic mass is 32.2. The first-order valence-corrected chi connectivity index (χ1v) is 12.1. The second-order valence-electron chi connectivity index (χ2n) is 8.27. The van der Waals surface area contributed by atoms with Crippen molar-refractivity contribution >= 4 is 27.3 Å². The minimum absolute atomic E-state index is 0.00841. The van der Waals surface area contributed by atoms with E-state index in [-0.39, 0.29) is 23.5 Å². The maximum Gasteiger partial charge on any atom is 0.430 e. The molecular weight excluding hydrogens is 518 g/mol. The molecule has 0 fully saturated rings. The molecule has 0 saturated heterocycles. The SMILES string of the molecule is CC(=O)N1CCc2cc(S(C)(=O)=O)ccc2C1C(=O)Nc1ccc(C(O)(C(F)(F)F)C(F)(F)F)cc1. The molecule has 2 N–H and O–H groups in total. The largest absolute Gasteiger partial charge is 0.430 e. The standard InChI is InChI=1S/C22H20F6N2O5S/c1-12(31)30-10-9-13-11-16(36(2,34)35)7-8-17(13)18(30)19(32)29-15-5-3-14(4-6-15)20(33,21(23,24)25)22(26,27)28/h3-8,11,18,33H,9-10H2,1-2H3,(H,29,32). The van der Waals surface area contributed by atoms with Gasteiger partial charge in [0.15, 0.2) is 9.84 Å². The van der Waals surface area contributed by atoms with Gasteiger partial charge in [0.25, 0.3) is 11.5 Å². The minimum Gasteiger partial charge on any atom is -0.369 e. The zero-order valence-corrected chi connectivity index (χ0v) is 19.6. The number of anilines is 1. The Morgan fingerprint density at radius 3 is 2.03 bits per heavy atom. The van der Waals surface area contributed by atoms with Gasteiger partial charge in [-0.05, 0) is 41.8 Å². The molecule has 2 aromatic carbocycles. The van der Waals surface area contributed by atoms with E-state index in [4.69, 9.17) is 0 Å². The summed E-state index contributed by atoms with van der Waals surface area (Å²) in [5, 5.41) is 11.8. The first kappa shape index (κ1) is 27.5. The summed E-state index contributed by atoms with van der Waals surface area (Å²) in [7, 11) is -3.55. The predicted molar refractivity (Wildman–Crippen MR) is 114 cm³/mol. The highest BCUT2D eigenvalue weighted by Gasteiger charge is 2.71. The molecule has 0 bridgehead atoms. The molecule has 2 amide bonds. The summed E-state index contributed by atoms with van der Waals surface area (Å²) in [5.74, 6) is -1.31. The molecule has 1 heterocycles. The fourth-order valence-electron chi connectivity index (χ4n) is 3.95. The molecule has 2 aromatic rings. The number of alkyl halides is 6. The molecule has 1 aliphatic heterocycles. The van der Waals surface area contributed by atoms with Crippen LogP contribution in [0.2, 0.25) is 0 Å². The molecule has 196 valence electrons. The first-order valence-electron chi connectivity index (χ1n) is 10.2. The number of hydrogen-bond donors (Lipinski definition) is 2. The molecule has 0 spiro atoms. The molecular formula is C22H20F6N2O5S. The van der Waals surface area contributed by atoms with Crippen LogP contribution in [0.4, 0.5) is 32.0 Å². The Kier molecular flexibility index (Phi) is 6.92. The number of halogens is 6. The number of carbonyl (C=O) groups excluding carboxylic acids is 2. The normalized spacial score (nSPS) is 16.9. The Morgan fingerprint density at radius 2 is 1.56 bits per heavy atom. The maximum absolute atomic E-state index is 13.1. The van der Waals surface area contributed by atoms with E-state index < -0.39 is 51.2 Å². The van der Waals surface area contributed by atoms with Crippen LogP contribution in [-0.2, 0) is 31.4 Å². The highest BCUT2D eigenvalue weighted by molar-refractivity contribution is 7.90. The molecule has 36 heavy (non-hydrogen) atoms. The Bertz CT molecular complexity index is 1280. The number of sulfone groups is 1. The van der Waals surface area contributed by atoms with Crippen molar-refractivity contribution in [1.82, 2.24) is 4.90 Å². The second kappa shape index (κ2) is 9.07. The highest BCUT2D eigenvalue weighted by Crippen LogP contribution is 2.50. The zero-order chi connectivity index (χ0) is 27.3. The first-order chi connectivity index (χ1) is 16.4. The molecule has 0 radical (unpaired) electrons. The smallest absolute Gasteiger partial charge is 0.369 e. The minimum atomic E-state index is -6.06. The Balaban J connectivity index is 1.95. The fraction of sp³-hybridized carbons (Fsp3) is 0.364. The molecule has 3 rings (SSSR count). The van der Waals surface area contributed by atoms with Crippen molar-refractivity contribution in [3.05, 3.63) is 59.2 Å². The van der Waals surface area contributed by atoms with Gasteiger partial charge in [-0.25, -0.2) is 8.42 Å². The zero-order valence-electron chi connectivity index (χ0n) is 18.7. The van der Waals surface area contributed by atoms with Crippen LogP contribution < -0.4 is 5.32 Å². The third-order valence-electron chi connectivity index (χ3n) is 5.81. The van der Waals surface area contributed by atoms with Gasteiger partial charge in [0.1, 0.15) is 6.04 Å². The molecule has 7 nitrogen and oxygen atoms in total. The maximum atomic E-state index is 13.1. The van der Waals surface area contributed by atoms with Crippen LogP contribution in [-0.4, -0.2) is 55.4 Å². The lowest BCUT2D eigenvalue weighted by Gasteiger charge is -2.36. The van der Waals surface area contributed by atoms with Gasteiger partial charge < -0.3 is 15.3 Å². The van der Waals surface area contributed by atoms with Gasteiger partial charge in [-0.1, -0.05) is 18.2 Å². The molecule has 14 heteroatoms. The monoisotopic (exact) mass is 538 g/mol. The fourth-order valence-corrected chi connectivity index (χ4v) is 4.62. The van der Waals surface area contributed by atoms with E-state index in [1.165, 1.54) is 30.0 Å². The van der Waals surface area contributed by atoms with E-state index in [0.29, 0.717) is 23.3 Å². The Labute approximate surface area is 201 Å². The second-order valence-corrected chi connectivity index (χ2v) is 10.3. The number of aliphatic hydroxyl groups is 1. The number of carbonyl (C=O) groups is 2. The van der Waals surface area contributed by atoms with Gasteiger partial charge in [-0.2, -0.15) is 26.3 Å². The van der Waals surface area contributed by atoms with E-state index >= 15 is 0 Å². The van der Waals surface area contributed by atoms with E-state index in [0.717, 1.165) is 18.4 Å². The number of fused-ring (bicyclic) bond motifs is 1. The van der Waals surface area contributed by atoms with Crippen molar-refractivity contribution in [2.75, 3.05) is 18.1 Å². The average molecular weight is 538 g/mol. The van der Waals surface area contributed by atoms with E-state index in [9.17, 15) is 49.5 Å². The lowest BCUT2D eigenvalue weighted by Crippen LogP contribution is -2.53. The quantitative estimate of drug-likeness (QED) is 0.581. The van der Waals surface area contributed by atoms with Crippen LogP contribution in [0.25, 0.3) is 0 Å². The topological polar surface area (TPSA) is 104 Å². The number of nitrogens with one attached hydrogen (secondary N) is 1. The van der Waals surface area contributed by atoms with Crippen molar-refractivity contribution < 1.29 is 49.5 Å². The summed E-state index contributed by atoms with van der Waals surface area (Å²) in [6.07, 6.45) is -10.9. The van der Waals surface area contributed by atoms with Gasteiger partial charge in [-0.15, -0.1) is 0 Å². The number of amides is 2. The van der Waals surface area contributed by atoms with Crippen LogP contribution >= 0.6 is 0 Å². The van der Waals surface area contributed by atoms with E-state index in [1.54, 1.807) is 0 Å². The summed E-state index contributed by atoms with van der Waals surface area (Å²) >= 11 is 0. The summed E-state index contributed by atoms with van der Waals surface area (Å²) in [5.41, 5.74) is -6.00. The van der Waals surface area contributed by atoms with Crippen LogP contribution in [0.3, 0.4) is 0 Å². The van der Waals surface area contributed by atoms with Crippen molar-refractivity contribution in [2.24, 2.45) is 0 Å². The van der Waals surface area contributed by atoms with Crippen LogP contribution in [0.5, 0.6) is 0 Å². The van der Waals surface area contributed by atoms with Gasteiger partial charge in [0.05, 0.1) is 4.90 Å². The third kappa shape index (κ3) is 4.91. The predicted octanol–water partition coefficient (Wildman–Crippen LogP) is 3.49. The molecule has 1 atom stereocenters. The Hall–Kier alpha value is -3.13. The van der Waals surface area contributed by atoms with Crippen LogP contribution in [0, 0.1) is 0 Å². The molecule has 1 aliphatic rings. The molecule has 0 aromatic heterocycles. The lowest BCUT2D eigenvalue weighted by molar-refractivity contribution is -0.376. The number of hydrogen-bond acceptors (Lipinski definition) is 5. The average Bonchev–Trinajstić information content (AvgIpc) is 2.75. The number of nitrogens with zero attached hydrogens (tertiary/aromatic N) is 1.